The Morgan fingerprint density at radius 1 is 1.00 bits per heavy atom. The zero-order chi connectivity index (χ0) is 25.0. The average Bonchev–Trinajstić information content (AvgIpc) is 3.17. The molecular weight excluding hydrogens is 442 g/mol. The molecular formula is C29H37NO5. The van der Waals surface area contributed by atoms with Gasteiger partial charge in [0.15, 0.2) is 0 Å². The summed E-state index contributed by atoms with van der Waals surface area (Å²) in [4.78, 5) is 25.0. The van der Waals surface area contributed by atoms with E-state index < -0.39 is 5.97 Å². The quantitative estimate of drug-likeness (QED) is 0.241. The van der Waals surface area contributed by atoms with Gasteiger partial charge in [-0.05, 0) is 37.4 Å². The van der Waals surface area contributed by atoms with Gasteiger partial charge in [0.05, 0.1) is 18.8 Å². The molecule has 0 aromatic heterocycles. The lowest BCUT2D eigenvalue weighted by Gasteiger charge is -2.34. The number of carboxylic acids is 1. The fourth-order valence-electron chi connectivity index (χ4n) is 4.96. The monoisotopic (exact) mass is 479 g/mol. The Morgan fingerprint density at radius 3 is 2.29 bits per heavy atom. The van der Waals surface area contributed by atoms with Crippen molar-refractivity contribution >= 4 is 11.9 Å². The van der Waals surface area contributed by atoms with Gasteiger partial charge in [0, 0.05) is 32.2 Å². The molecule has 4 atom stereocenters. The predicted molar refractivity (Wildman–Crippen MR) is 136 cm³/mol. The van der Waals surface area contributed by atoms with Crippen LogP contribution in [0.25, 0.3) is 0 Å². The third kappa shape index (κ3) is 8.64. The molecule has 0 amide bonds. The molecule has 1 aliphatic rings. The number of hydrogen-bond acceptors (Lipinski definition) is 5. The second kappa shape index (κ2) is 13.8. The molecule has 1 saturated carbocycles. The summed E-state index contributed by atoms with van der Waals surface area (Å²) in [6, 6.07) is 20.4. The Labute approximate surface area is 208 Å². The van der Waals surface area contributed by atoms with E-state index in [0.29, 0.717) is 19.4 Å². The van der Waals surface area contributed by atoms with Crippen molar-refractivity contribution in [1.82, 2.24) is 4.90 Å². The number of carbonyl (C=O) groups is 2. The summed E-state index contributed by atoms with van der Waals surface area (Å²) < 4.78 is 12.2. The molecule has 0 aliphatic heterocycles. The summed E-state index contributed by atoms with van der Waals surface area (Å²) >= 11 is 0. The number of esters is 1. The van der Waals surface area contributed by atoms with Crippen LogP contribution in [0.1, 0.15) is 50.2 Å². The van der Waals surface area contributed by atoms with Crippen LogP contribution in [0.5, 0.6) is 0 Å². The van der Waals surface area contributed by atoms with E-state index in [2.05, 4.69) is 48.4 Å². The van der Waals surface area contributed by atoms with Gasteiger partial charge in [-0.1, -0.05) is 72.8 Å². The lowest BCUT2D eigenvalue weighted by atomic mass is 9.94. The van der Waals surface area contributed by atoms with E-state index in [1.807, 2.05) is 36.4 Å². The minimum absolute atomic E-state index is 0.00329. The Hall–Kier alpha value is -2.96. The normalized spacial score (nSPS) is 22.0. The van der Waals surface area contributed by atoms with Gasteiger partial charge in [-0.25, -0.2) is 0 Å². The third-order valence-corrected chi connectivity index (χ3v) is 6.51. The molecule has 1 fully saturated rings. The molecule has 2 aromatic carbocycles. The lowest BCUT2D eigenvalue weighted by Crippen LogP contribution is -2.44. The lowest BCUT2D eigenvalue weighted by molar-refractivity contribution is -0.149. The smallest absolute Gasteiger partial charge is 0.303 e. The van der Waals surface area contributed by atoms with Crippen molar-refractivity contribution in [2.75, 3.05) is 7.05 Å². The molecule has 35 heavy (non-hydrogen) atoms. The number of benzene rings is 2. The predicted octanol–water partition coefficient (Wildman–Crippen LogP) is 5.23. The van der Waals surface area contributed by atoms with Crippen LogP contribution in [-0.2, 0) is 32.2 Å². The van der Waals surface area contributed by atoms with Crippen LogP contribution in [0.4, 0.5) is 0 Å². The second-order valence-corrected chi connectivity index (χ2v) is 9.27. The topological polar surface area (TPSA) is 76.1 Å². The molecule has 2 aromatic rings. The second-order valence-electron chi connectivity index (χ2n) is 9.27. The number of aliphatic carboxylic acids is 1. The maximum atomic E-state index is 12.0. The van der Waals surface area contributed by atoms with Crippen molar-refractivity contribution in [2.45, 2.75) is 70.4 Å². The van der Waals surface area contributed by atoms with Crippen LogP contribution in [-0.4, -0.2) is 47.2 Å². The highest BCUT2D eigenvalue weighted by molar-refractivity contribution is 5.66. The van der Waals surface area contributed by atoms with Crippen molar-refractivity contribution in [3.63, 3.8) is 0 Å². The maximum Gasteiger partial charge on any atom is 0.303 e. The van der Waals surface area contributed by atoms with Gasteiger partial charge in [-0.2, -0.15) is 0 Å². The van der Waals surface area contributed by atoms with E-state index >= 15 is 0 Å². The number of carboxylic acid groups (broad SMARTS) is 1. The Bertz CT molecular complexity index is 946. The van der Waals surface area contributed by atoms with Crippen molar-refractivity contribution < 1.29 is 24.2 Å². The van der Waals surface area contributed by atoms with E-state index in [9.17, 15) is 9.59 Å². The fourth-order valence-corrected chi connectivity index (χ4v) is 4.96. The SMILES string of the molecule is CC(=O)O[C@H]1C[C@@H](OCc2ccccc2)[C@@H](C/C=C\CCCC(=O)O)[C@@H]1N(C)Cc1ccccc1. The zero-order valence-electron chi connectivity index (χ0n) is 20.7. The minimum atomic E-state index is -0.768. The number of rotatable bonds is 13. The summed E-state index contributed by atoms with van der Waals surface area (Å²) in [5.74, 6) is -0.914. The van der Waals surface area contributed by atoms with Crippen molar-refractivity contribution in [3.8, 4) is 0 Å². The van der Waals surface area contributed by atoms with Crippen LogP contribution >= 0.6 is 0 Å². The first kappa shape index (κ1) is 26.6. The molecule has 1 aliphatic carbocycles. The highest BCUT2D eigenvalue weighted by Crippen LogP contribution is 2.38. The van der Waals surface area contributed by atoms with E-state index in [1.165, 1.54) is 12.5 Å². The Kier molecular flexibility index (Phi) is 10.5. The van der Waals surface area contributed by atoms with Crippen molar-refractivity contribution in [3.05, 3.63) is 83.9 Å². The number of allylic oxidation sites excluding steroid dienone is 2. The number of nitrogens with zero attached hydrogens (tertiary/aromatic N) is 1. The molecule has 188 valence electrons. The summed E-state index contributed by atoms with van der Waals surface area (Å²) in [5.41, 5.74) is 2.31. The van der Waals surface area contributed by atoms with Crippen LogP contribution in [0.3, 0.4) is 0 Å². The summed E-state index contributed by atoms with van der Waals surface area (Å²) in [5, 5.41) is 8.86. The van der Waals surface area contributed by atoms with Gasteiger partial charge in [0.1, 0.15) is 6.10 Å². The Balaban J connectivity index is 1.76. The van der Waals surface area contributed by atoms with Crippen molar-refractivity contribution in [1.29, 1.82) is 0 Å². The molecule has 6 nitrogen and oxygen atoms in total. The standard InChI is InChI=1S/C29H37NO5/c1-22(31)35-27-19-26(34-21-24-15-9-6-10-16-24)25(17-11-3-4-12-18-28(32)33)29(27)30(2)20-23-13-7-5-8-14-23/h3,5-11,13-16,25-27,29H,4,12,17-21H2,1-2H3,(H,32,33)/b11-3-/t25-,26-,27+,29+/m1/s1. The molecule has 0 spiro atoms. The average molecular weight is 480 g/mol. The highest BCUT2D eigenvalue weighted by atomic mass is 16.5. The molecule has 6 heteroatoms. The molecule has 3 rings (SSSR count). The summed E-state index contributed by atoms with van der Waals surface area (Å²) in [7, 11) is 2.08. The third-order valence-electron chi connectivity index (χ3n) is 6.51. The fraction of sp³-hybridized carbons (Fsp3) is 0.448. The van der Waals surface area contributed by atoms with E-state index in [-0.39, 0.29) is 36.6 Å². The minimum Gasteiger partial charge on any atom is -0.481 e. The first-order valence-electron chi connectivity index (χ1n) is 12.4. The van der Waals surface area contributed by atoms with Gasteiger partial charge in [-0.15, -0.1) is 0 Å². The number of hydrogen-bond donors (Lipinski definition) is 1. The molecule has 1 N–H and O–H groups in total. The molecule has 0 unspecified atom stereocenters. The van der Waals surface area contributed by atoms with E-state index in [1.54, 1.807) is 0 Å². The van der Waals surface area contributed by atoms with E-state index in [0.717, 1.165) is 24.9 Å². The van der Waals surface area contributed by atoms with Gasteiger partial charge < -0.3 is 14.6 Å². The Morgan fingerprint density at radius 2 is 1.66 bits per heavy atom. The summed E-state index contributed by atoms with van der Waals surface area (Å²) in [6.45, 7) is 2.71. The largest absolute Gasteiger partial charge is 0.481 e. The molecule has 0 saturated heterocycles. The zero-order valence-corrected chi connectivity index (χ0v) is 20.7. The van der Waals surface area contributed by atoms with Crippen molar-refractivity contribution in [2.24, 2.45) is 5.92 Å². The van der Waals surface area contributed by atoms with Gasteiger partial charge in [-0.3, -0.25) is 14.5 Å². The van der Waals surface area contributed by atoms with Crippen LogP contribution in [0, 0.1) is 5.92 Å². The van der Waals surface area contributed by atoms with Gasteiger partial charge >= 0.3 is 11.9 Å². The molecule has 0 radical (unpaired) electrons. The van der Waals surface area contributed by atoms with Crippen LogP contribution in [0.15, 0.2) is 72.8 Å². The van der Waals surface area contributed by atoms with Gasteiger partial charge in [0.2, 0.25) is 0 Å². The number of unbranched alkanes of at least 4 members (excludes halogenated alkanes) is 1. The summed E-state index contributed by atoms with van der Waals surface area (Å²) in [6.07, 6.45) is 6.81. The first-order valence-corrected chi connectivity index (χ1v) is 12.4. The number of ether oxygens (including phenoxy) is 2. The molecule has 0 bridgehead atoms. The van der Waals surface area contributed by atoms with E-state index in [4.69, 9.17) is 14.6 Å². The first-order chi connectivity index (χ1) is 16.9. The number of carbonyl (C=O) groups excluding carboxylic acids is 1. The maximum absolute atomic E-state index is 12.0. The van der Waals surface area contributed by atoms with Crippen LogP contribution < -0.4 is 0 Å². The van der Waals surface area contributed by atoms with Gasteiger partial charge in [0.25, 0.3) is 0 Å². The molecule has 0 heterocycles. The van der Waals surface area contributed by atoms with Crippen LogP contribution in [0.2, 0.25) is 0 Å². The highest BCUT2D eigenvalue weighted by Gasteiger charge is 2.47. The number of likely N-dealkylation sites (N-methyl/N-ethyl adjacent to an activating group) is 1.